The quantitative estimate of drug-likeness (QED) is 0.544. The van der Waals surface area contributed by atoms with Crippen molar-refractivity contribution in [2.24, 2.45) is 5.73 Å². The molecule has 110 valence electrons. The Labute approximate surface area is 116 Å². The average Bonchev–Trinajstić information content (AvgIpc) is 2.37. The number of carbonyl (C=O) groups is 2. The lowest BCUT2D eigenvalue weighted by molar-refractivity contribution is -0.146. The first-order valence-electron chi connectivity index (χ1n) is 5.65. The number of sulfone groups is 1. The van der Waals surface area contributed by atoms with Gasteiger partial charge in [0.15, 0.2) is 20.9 Å². The van der Waals surface area contributed by atoms with Crippen LogP contribution in [0.1, 0.15) is 6.92 Å². The normalized spacial score (nSPS) is 12.6. The molecule has 0 fully saturated rings. The van der Waals surface area contributed by atoms with Crippen LogP contribution in [-0.4, -0.2) is 44.2 Å². The molecule has 20 heavy (non-hydrogen) atoms. The highest BCUT2D eigenvalue weighted by atomic mass is 32.2. The van der Waals surface area contributed by atoms with Gasteiger partial charge in [0.25, 0.3) is 5.91 Å². The molecule has 1 heterocycles. The van der Waals surface area contributed by atoms with Crippen molar-refractivity contribution in [1.29, 1.82) is 0 Å². The number of hydrogen-bond donors (Lipinski definition) is 2. The van der Waals surface area contributed by atoms with Crippen LogP contribution in [0.4, 0.5) is 5.69 Å². The van der Waals surface area contributed by atoms with E-state index < -0.39 is 27.8 Å². The van der Waals surface area contributed by atoms with E-state index in [4.69, 9.17) is 5.73 Å². The number of aromatic nitrogens is 1. The summed E-state index contributed by atoms with van der Waals surface area (Å²) < 4.78 is 27.0. The van der Waals surface area contributed by atoms with Gasteiger partial charge in [-0.05, 0) is 19.1 Å². The van der Waals surface area contributed by atoms with E-state index in [-0.39, 0.29) is 17.3 Å². The molecule has 0 saturated heterocycles. The van der Waals surface area contributed by atoms with Gasteiger partial charge in [-0.25, -0.2) is 18.2 Å². The number of amides is 1. The second-order valence-electron chi connectivity index (χ2n) is 3.88. The summed E-state index contributed by atoms with van der Waals surface area (Å²) in [4.78, 5) is 26.6. The molecule has 0 saturated carbocycles. The van der Waals surface area contributed by atoms with Crippen LogP contribution in [0.2, 0.25) is 0 Å². The van der Waals surface area contributed by atoms with Gasteiger partial charge in [-0.2, -0.15) is 0 Å². The van der Waals surface area contributed by atoms with E-state index in [1.807, 2.05) is 0 Å². The van der Waals surface area contributed by atoms with Gasteiger partial charge < -0.3 is 15.8 Å². The summed E-state index contributed by atoms with van der Waals surface area (Å²) in [6.45, 7) is 1.71. The third-order valence-electron chi connectivity index (χ3n) is 2.21. The molecule has 0 aliphatic rings. The number of anilines is 1. The van der Waals surface area contributed by atoms with Gasteiger partial charge in [0.05, 0.1) is 18.5 Å². The number of nitrogens with one attached hydrogen (secondary N) is 1. The summed E-state index contributed by atoms with van der Waals surface area (Å²) >= 11 is 0. The molecule has 1 aromatic heterocycles. The fraction of sp³-hybridized carbons (Fsp3) is 0.364. The number of esters is 1. The van der Waals surface area contributed by atoms with Gasteiger partial charge in [-0.3, -0.25) is 4.79 Å². The number of carbonyl (C=O) groups excluding carboxylic acids is 2. The van der Waals surface area contributed by atoms with Gasteiger partial charge in [0.1, 0.15) is 0 Å². The Kier molecular flexibility index (Phi) is 5.17. The lowest BCUT2D eigenvalue weighted by Gasteiger charge is -2.11. The van der Waals surface area contributed by atoms with Gasteiger partial charge in [-0.15, -0.1) is 0 Å². The van der Waals surface area contributed by atoms with E-state index in [2.05, 4.69) is 15.0 Å². The Morgan fingerprint density at radius 1 is 1.45 bits per heavy atom. The summed E-state index contributed by atoms with van der Waals surface area (Å²) in [6.07, 6.45) is 2.18. The van der Waals surface area contributed by atoms with Crippen molar-refractivity contribution in [3.05, 3.63) is 18.3 Å². The molecular weight excluding hydrogens is 286 g/mol. The Hall–Kier alpha value is -2.00. The van der Waals surface area contributed by atoms with Crippen molar-refractivity contribution in [2.75, 3.05) is 18.2 Å². The Balaban J connectivity index is 2.74. The van der Waals surface area contributed by atoms with E-state index in [1.54, 1.807) is 6.92 Å². The standard InChI is InChI=1S/C11H15N3O5S/c1-3-19-11(16)9(12)10(15)14-7-4-5-8(13-6-7)20(2,17)18/h4-6,9H,3,12H2,1-2H3,(H,14,15). The predicted octanol–water partition coefficient (Wildman–Crippen LogP) is -0.686. The molecule has 1 amide bonds. The lowest BCUT2D eigenvalue weighted by atomic mass is 10.3. The molecule has 9 heteroatoms. The molecule has 3 N–H and O–H groups in total. The van der Waals surface area contributed by atoms with Crippen molar-refractivity contribution in [1.82, 2.24) is 4.98 Å². The summed E-state index contributed by atoms with van der Waals surface area (Å²) in [5, 5.41) is 2.22. The largest absolute Gasteiger partial charge is 0.464 e. The molecular formula is C11H15N3O5S. The first-order valence-corrected chi connectivity index (χ1v) is 7.54. The molecule has 0 spiro atoms. The number of nitrogens with two attached hydrogens (primary N) is 1. The average molecular weight is 301 g/mol. The second kappa shape index (κ2) is 6.44. The molecule has 0 aliphatic carbocycles. The number of rotatable bonds is 5. The fourth-order valence-corrected chi connectivity index (χ4v) is 1.79. The molecule has 1 unspecified atom stereocenters. The summed E-state index contributed by atoms with van der Waals surface area (Å²) in [5.74, 6) is -1.61. The molecule has 0 aromatic carbocycles. The van der Waals surface area contributed by atoms with E-state index >= 15 is 0 Å². The monoisotopic (exact) mass is 301 g/mol. The molecule has 1 aromatic rings. The molecule has 0 radical (unpaired) electrons. The van der Waals surface area contributed by atoms with E-state index in [9.17, 15) is 18.0 Å². The van der Waals surface area contributed by atoms with Crippen LogP contribution in [0.15, 0.2) is 23.4 Å². The molecule has 8 nitrogen and oxygen atoms in total. The Bertz CT molecular complexity index is 597. The minimum atomic E-state index is -3.41. The molecule has 1 rings (SSSR count). The highest BCUT2D eigenvalue weighted by molar-refractivity contribution is 7.90. The SMILES string of the molecule is CCOC(=O)C(N)C(=O)Nc1ccc(S(C)(=O)=O)nc1. The van der Waals surface area contributed by atoms with Crippen molar-refractivity contribution in [3.63, 3.8) is 0 Å². The van der Waals surface area contributed by atoms with Crippen molar-refractivity contribution >= 4 is 27.4 Å². The Morgan fingerprint density at radius 2 is 2.10 bits per heavy atom. The maximum Gasteiger partial charge on any atom is 0.332 e. The third-order valence-corrected chi connectivity index (χ3v) is 3.21. The second-order valence-corrected chi connectivity index (χ2v) is 5.84. The highest BCUT2D eigenvalue weighted by Crippen LogP contribution is 2.10. The summed E-state index contributed by atoms with van der Waals surface area (Å²) in [5.41, 5.74) is 5.62. The summed E-state index contributed by atoms with van der Waals surface area (Å²) in [7, 11) is -3.41. The van der Waals surface area contributed by atoms with E-state index in [0.717, 1.165) is 12.5 Å². The number of nitrogens with zero attached hydrogens (tertiary/aromatic N) is 1. The van der Waals surface area contributed by atoms with Crippen LogP contribution >= 0.6 is 0 Å². The fourth-order valence-electron chi connectivity index (χ4n) is 1.23. The topological polar surface area (TPSA) is 128 Å². The first-order chi connectivity index (χ1) is 9.25. The van der Waals surface area contributed by atoms with Crippen LogP contribution in [0.25, 0.3) is 0 Å². The zero-order chi connectivity index (χ0) is 15.3. The molecule has 0 aliphatic heterocycles. The van der Waals surface area contributed by atoms with Gasteiger partial charge >= 0.3 is 5.97 Å². The molecule has 1 atom stereocenters. The first kappa shape index (κ1) is 16.1. The summed E-state index contributed by atoms with van der Waals surface area (Å²) in [6, 6.07) is 1.13. The van der Waals surface area contributed by atoms with E-state index in [0.29, 0.717) is 0 Å². The highest BCUT2D eigenvalue weighted by Gasteiger charge is 2.23. The smallest absolute Gasteiger partial charge is 0.332 e. The van der Waals surface area contributed by atoms with Crippen molar-refractivity contribution < 1.29 is 22.7 Å². The minimum Gasteiger partial charge on any atom is -0.464 e. The van der Waals surface area contributed by atoms with Gasteiger partial charge in [0, 0.05) is 6.26 Å². The molecule has 0 bridgehead atoms. The van der Waals surface area contributed by atoms with Crippen molar-refractivity contribution in [2.45, 2.75) is 18.0 Å². The maximum absolute atomic E-state index is 11.6. The van der Waals surface area contributed by atoms with Crippen LogP contribution in [0.3, 0.4) is 0 Å². The number of pyridine rings is 1. The zero-order valence-corrected chi connectivity index (χ0v) is 11.8. The van der Waals surface area contributed by atoms with Gasteiger partial charge in [0.2, 0.25) is 0 Å². The predicted molar refractivity (Wildman–Crippen MR) is 70.6 cm³/mol. The lowest BCUT2D eigenvalue weighted by Crippen LogP contribution is -2.43. The number of hydrogen-bond acceptors (Lipinski definition) is 7. The van der Waals surface area contributed by atoms with Crippen LogP contribution in [-0.2, 0) is 24.2 Å². The van der Waals surface area contributed by atoms with E-state index in [1.165, 1.54) is 12.1 Å². The van der Waals surface area contributed by atoms with Crippen LogP contribution < -0.4 is 11.1 Å². The third kappa shape index (κ3) is 4.28. The van der Waals surface area contributed by atoms with Crippen LogP contribution in [0.5, 0.6) is 0 Å². The maximum atomic E-state index is 11.6. The number of ether oxygens (including phenoxy) is 1. The van der Waals surface area contributed by atoms with Gasteiger partial charge in [-0.1, -0.05) is 0 Å². The zero-order valence-electron chi connectivity index (χ0n) is 11.0. The minimum absolute atomic E-state index is 0.116. The Morgan fingerprint density at radius 3 is 2.55 bits per heavy atom. The van der Waals surface area contributed by atoms with Crippen LogP contribution in [0, 0.1) is 0 Å². The van der Waals surface area contributed by atoms with Crippen molar-refractivity contribution in [3.8, 4) is 0 Å².